The van der Waals surface area contributed by atoms with Crippen LogP contribution in [0.1, 0.15) is 53.3 Å². The number of pyridine rings is 1. The van der Waals surface area contributed by atoms with Crippen LogP contribution in [0.5, 0.6) is 0 Å². The molecule has 4 heterocycles. The van der Waals surface area contributed by atoms with E-state index in [2.05, 4.69) is 30.2 Å². The van der Waals surface area contributed by atoms with E-state index in [0.29, 0.717) is 18.1 Å². The van der Waals surface area contributed by atoms with Crippen LogP contribution in [-0.2, 0) is 11.2 Å². The highest BCUT2D eigenvalue weighted by atomic mass is 16.1. The van der Waals surface area contributed by atoms with Gasteiger partial charge in [0.1, 0.15) is 11.6 Å². The summed E-state index contributed by atoms with van der Waals surface area (Å²) in [7, 11) is 0. The van der Waals surface area contributed by atoms with E-state index in [9.17, 15) is 4.79 Å². The zero-order chi connectivity index (χ0) is 21.0. The van der Waals surface area contributed by atoms with Crippen molar-refractivity contribution in [2.75, 3.05) is 5.32 Å². The van der Waals surface area contributed by atoms with E-state index >= 15 is 0 Å². The monoisotopic (exact) mass is 400 g/mol. The molecule has 7 nitrogen and oxygen atoms in total. The predicted octanol–water partition coefficient (Wildman–Crippen LogP) is 4.11. The van der Waals surface area contributed by atoms with E-state index in [0.717, 1.165) is 51.4 Å². The molecule has 1 amide bonds. The van der Waals surface area contributed by atoms with Crippen molar-refractivity contribution in [1.82, 2.24) is 24.7 Å². The fourth-order valence-electron chi connectivity index (χ4n) is 4.43. The summed E-state index contributed by atoms with van der Waals surface area (Å²) in [6, 6.07) is 10.1. The van der Waals surface area contributed by atoms with Gasteiger partial charge >= 0.3 is 0 Å². The summed E-state index contributed by atoms with van der Waals surface area (Å²) in [4.78, 5) is 25.6. The third kappa shape index (κ3) is 2.81. The number of aromatic amines is 1. The molecule has 0 radical (unpaired) electrons. The molecule has 0 aliphatic carbocycles. The summed E-state index contributed by atoms with van der Waals surface area (Å²) < 4.78 is 1.76. The number of carbonyl (C=O) groups excluding carboxylic acids is 1. The maximum absolute atomic E-state index is 12.7. The van der Waals surface area contributed by atoms with Crippen molar-refractivity contribution >= 4 is 22.6 Å². The minimum absolute atomic E-state index is 0.0355. The van der Waals surface area contributed by atoms with Gasteiger partial charge in [0.2, 0.25) is 5.91 Å². The Hall–Kier alpha value is -3.48. The fraction of sp³-hybridized carbons (Fsp3) is 0.304. The molecule has 1 aliphatic rings. The van der Waals surface area contributed by atoms with Gasteiger partial charge in [-0.05, 0) is 38.5 Å². The molecule has 1 aliphatic heterocycles. The molecule has 4 aromatic rings. The molecule has 0 spiro atoms. The number of imidazole rings is 1. The van der Waals surface area contributed by atoms with E-state index in [1.165, 1.54) is 0 Å². The molecule has 3 aromatic heterocycles. The first kappa shape index (κ1) is 18.5. The summed E-state index contributed by atoms with van der Waals surface area (Å²) >= 11 is 0. The van der Waals surface area contributed by atoms with Crippen molar-refractivity contribution in [3.05, 3.63) is 64.4 Å². The first-order valence-electron chi connectivity index (χ1n) is 10.3. The van der Waals surface area contributed by atoms with Gasteiger partial charge in [-0.3, -0.25) is 4.79 Å². The second kappa shape index (κ2) is 6.79. The molecule has 30 heavy (non-hydrogen) atoms. The third-order valence-electron chi connectivity index (χ3n) is 5.87. The number of benzene rings is 1. The molecular weight excluding hydrogens is 376 g/mol. The number of aryl methyl sites for hydroxylation is 4. The number of amides is 1. The van der Waals surface area contributed by atoms with Gasteiger partial charge in [-0.15, -0.1) is 0 Å². The molecular formula is C23H24N6O. The normalized spacial score (nSPS) is 16.0. The Bertz CT molecular complexity index is 1300. The van der Waals surface area contributed by atoms with Crippen molar-refractivity contribution in [2.45, 2.75) is 46.5 Å². The molecule has 0 saturated heterocycles. The molecule has 1 atom stereocenters. The number of hydrogen-bond donors (Lipinski definition) is 2. The molecule has 0 saturated carbocycles. The zero-order valence-electron chi connectivity index (χ0n) is 17.6. The Morgan fingerprint density at radius 3 is 2.73 bits per heavy atom. The number of anilines is 1. The van der Waals surface area contributed by atoms with E-state index in [1.54, 1.807) is 4.68 Å². The maximum Gasteiger partial charge on any atom is 0.226 e. The van der Waals surface area contributed by atoms with Crippen molar-refractivity contribution < 1.29 is 4.79 Å². The van der Waals surface area contributed by atoms with Gasteiger partial charge in [-0.25, -0.2) is 9.97 Å². The minimum atomic E-state index is -0.124. The molecule has 0 bridgehead atoms. The van der Waals surface area contributed by atoms with Crippen LogP contribution in [0.15, 0.2) is 30.3 Å². The number of aromatic nitrogens is 5. The lowest BCUT2D eigenvalue weighted by Gasteiger charge is -2.23. The van der Waals surface area contributed by atoms with Crippen LogP contribution < -0.4 is 5.32 Å². The van der Waals surface area contributed by atoms with Crippen molar-refractivity contribution in [1.29, 1.82) is 0 Å². The number of para-hydroxylation sites is 1. The van der Waals surface area contributed by atoms with Crippen LogP contribution in [-0.4, -0.2) is 30.6 Å². The average molecular weight is 400 g/mol. The number of hydrogen-bond acceptors (Lipinski definition) is 4. The highest BCUT2D eigenvalue weighted by Gasteiger charge is 2.35. The minimum Gasteiger partial charge on any atom is -0.346 e. The van der Waals surface area contributed by atoms with E-state index < -0.39 is 0 Å². The number of rotatable bonds is 3. The van der Waals surface area contributed by atoms with Gasteiger partial charge in [0, 0.05) is 35.4 Å². The Kier molecular flexibility index (Phi) is 4.20. The molecule has 1 aromatic carbocycles. The quantitative estimate of drug-likeness (QED) is 0.542. The predicted molar refractivity (Wildman–Crippen MR) is 116 cm³/mol. The topological polar surface area (TPSA) is 88.5 Å². The summed E-state index contributed by atoms with van der Waals surface area (Å²) in [6.45, 7) is 8.13. The van der Waals surface area contributed by atoms with E-state index in [-0.39, 0.29) is 11.8 Å². The van der Waals surface area contributed by atoms with Crippen LogP contribution in [0.2, 0.25) is 0 Å². The SMILES string of the molecule is CCc1nc(C2CC(=O)Nc3c2c(C)nn3-c2cc(C)c3ccccc3n2)c(C)[nH]1. The Balaban J connectivity index is 1.69. The van der Waals surface area contributed by atoms with Crippen LogP contribution in [0, 0.1) is 20.8 Å². The summed E-state index contributed by atoms with van der Waals surface area (Å²) in [5, 5.41) is 8.93. The highest BCUT2D eigenvalue weighted by Crippen LogP contribution is 2.40. The second-order valence-corrected chi connectivity index (χ2v) is 7.93. The summed E-state index contributed by atoms with van der Waals surface area (Å²) in [5.74, 6) is 2.17. The number of nitrogens with one attached hydrogen (secondary N) is 2. The fourth-order valence-corrected chi connectivity index (χ4v) is 4.43. The van der Waals surface area contributed by atoms with Gasteiger partial charge in [0.15, 0.2) is 5.82 Å². The number of H-pyrrole nitrogens is 1. The van der Waals surface area contributed by atoms with Gasteiger partial charge < -0.3 is 10.3 Å². The van der Waals surface area contributed by atoms with Gasteiger partial charge in [-0.2, -0.15) is 9.78 Å². The first-order chi connectivity index (χ1) is 14.5. The highest BCUT2D eigenvalue weighted by molar-refractivity contribution is 5.95. The summed E-state index contributed by atoms with van der Waals surface area (Å²) in [6.07, 6.45) is 1.18. The Labute approximate surface area is 174 Å². The Morgan fingerprint density at radius 2 is 1.97 bits per heavy atom. The number of fused-ring (bicyclic) bond motifs is 2. The molecule has 0 fully saturated rings. The first-order valence-corrected chi connectivity index (χ1v) is 10.3. The summed E-state index contributed by atoms with van der Waals surface area (Å²) in [5.41, 5.74) is 5.84. The largest absolute Gasteiger partial charge is 0.346 e. The van der Waals surface area contributed by atoms with Crippen LogP contribution in [0.4, 0.5) is 5.82 Å². The zero-order valence-corrected chi connectivity index (χ0v) is 17.6. The van der Waals surface area contributed by atoms with Crippen molar-refractivity contribution in [3.63, 3.8) is 0 Å². The molecule has 7 heteroatoms. The van der Waals surface area contributed by atoms with Crippen molar-refractivity contribution in [3.8, 4) is 5.82 Å². The smallest absolute Gasteiger partial charge is 0.226 e. The van der Waals surface area contributed by atoms with Gasteiger partial charge in [-0.1, -0.05) is 25.1 Å². The second-order valence-electron chi connectivity index (χ2n) is 7.93. The van der Waals surface area contributed by atoms with Crippen LogP contribution >= 0.6 is 0 Å². The number of carbonyl (C=O) groups is 1. The lowest BCUT2D eigenvalue weighted by atomic mass is 9.88. The van der Waals surface area contributed by atoms with Crippen LogP contribution in [0.25, 0.3) is 16.7 Å². The lowest BCUT2D eigenvalue weighted by molar-refractivity contribution is -0.116. The lowest BCUT2D eigenvalue weighted by Crippen LogP contribution is -2.25. The average Bonchev–Trinajstić information content (AvgIpc) is 3.27. The van der Waals surface area contributed by atoms with E-state index in [4.69, 9.17) is 15.1 Å². The van der Waals surface area contributed by atoms with Gasteiger partial charge in [0.05, 0.1) is 16.9 Å². The Morgan fingerprint density at radius 1 is 1.17 bits per heavy atom. The molecule has 5 rings (SSSR count). The molecule has 1 unspecified atom stereocenters. The molecule has 152 valence electrons. The van der Waals surface area contributed by atoms with Gasteiger partial charge in [0.25, 0.3) is 0 Å². The molecule has 2 N–H and O–H groups in total. The van der Waals surface area contributed by atoms with E-state index in [1.807, 2.05) is 38.1 Å². The standard InChI is InChI=1S/C23H24N6O/c1-5-18-24-14(4)22(26-18)16-11-20(30)27-23-21(16)13(3)28-29(23)19-10-12(2)15-8-6-7-9-17(15)25-19/h6-10,16H,5,11H2,1-4H3,(H,24,26)(H,27,30). The van der Waals surface area contributed by atoms with Crippen LogP contribution in [0.3, 0.4) is 0 Å². The third-order valence-corrected chi connectivity index (χ3v) is 5.87. The number of nitrogens with zero attached hydrogens (tertiary/aromatic N) is 4. The maximum atomic E-state index is 12.7. The van der Waals surface area contributed by atoms with Crippen molar-refractivity contribution in [2.24, 2.45) is 0 Å².